The van der Waals surface area contributed by atoms with Crippen LogP contribution in [0, 0.1) is 11.3 Å². The van der Waals surface area contributed by atoms with Gasteiger partial charge in [-0.1, -0.05) is 44.2 Å². The standard InChI is InChI=1S/C18H21NO5/c1-11(2)14-10-24-17(22)19(14)15(20)18(16(21)23-3)9-13(18)12-7-5-4-6-8-12/h4-8,11,13-14H,9-10H2,1-3H3/t13-,14+,18+/m0/s1. The quantitative estimate of drug-likeness (QED) is 0.625. The van der Waals surface area contributed by atoms with Gasteiger partial charge < -0.3 is 9.47 Å². The Balaban J connectivity index is 1.95. The van der Waals surface area contributed by atoms with Crippen LogP contribution in [0.2, 0.25) is 0 Å². The molecule has 2 fully saturated rings. The van der Waals surface area contributed by atoms with E-state index in [0.29, 0.717) is 6.42 Å². The van der Waals surface area contributed by atoms with E-state index in [0.717, 1.165) is 10.5 Å². The monoisotopic (exact) mass is 331 g/mol. The van der Waals surface area contributed by atoms with Crippen LogP contribution >= 0.6 is 0 Å². The van der Waals surface area contributed by atoms with Crippen molar-refractivity contribution in [2.45, 2.75) is 32.2 Å². The van der Waals surface area contributed by atoms with Gasteiger partial charge in [-0.15, -0.1) is 0 Å². The second-order valence-electron chi connectivity index (χ2n) is 6.69. The van der Waals surface area contributed by atoms with Crippen LogP contribution in [0.3, 0.4) is 0 Å². The largest absolute Gasteiger partial charge is 0.468 e. The van der Waals surface area contributed by atoms with Crippen LogP contribution in [0.15, 0.2) is 30.3 Å². The second-order valence-corrected chi connectivity index (χ2v) is 6.69. The number of esters is 1. The third kappa shape index (κ3) is 2.37. The zero-order valence-corrected chi connectivity index (χ0v) is 14.0. The summed E-state index contributed by atoms with van der Waals surface area (Å²) in [5.41, 5.74) is -0.433. The summed E-state index contributed by atoms with van der Waals surface area (Å²) >= 11 is 0. The van der Waals surface area contributed by atoms with E-state index in [2.05, 4.69) is 0 Å². The van der Waals surface area contributed by atoms with Crippen molar-refractivity contribution in [1.82, 2.24) is 4.90 Å². The molecular weight excluding hydrogens is 310 g/mol. The van der Waals surface area contributed by atoms with E-state index in [1.807, 2.05) is 44.2 Å². The van der Waals surface area contributed by atoms with Crippen LogP contribution in [-0.4, -0.2) is 42.6 Å². The normalized spacial score (nSPS) is 28.7. The number of imide groups is 1. The number of hydrogen-bond acceptors (Lipinski definition) is 5. The van der Waals surface area contributed by atoms with Gasteiger partial charge in [-0.3, -0.25) is 9.59 Å². The Morgan fingerprint density at radius 3 is 2.54 bits per heavy atom. The molecule has 1 saturated heterocycles. The highest BCUT2D eigenvalue weighted by Gasteiger charge is 2.70. The minimum Gasteiger partial charge on any atom is -0.468 e. The summed E-state index contributed by atoms with van der Waals surface area (Å²) in [4.78, 5) is 38.8. The molecule has 0 N–H and O–H groups in total. The van der Waals surface area contributed by atoms with E-state index in [-0.39, 0.29) is 24.5 Å². The Morgan fingerprint density at radius 1 is 1.29 bits per heavy atom. The molecule has 1 aromatic carbocycles. The molecule has 0 unspecified atom stereocenters. The third-order valence-corrected chi connectivity index (χ3v) is 4.99. The topological polar surface area (TPSA) is 72.9 Å². The molecule has 128 valence electrons. The number of amides is 2. The number of ether oxygens (including phenoxy) is 2. The highest BCUT2D eigenvalue weighted by atomic mass is 16.6. The number of benzene rings is 1. The molecule has 6 heteroatoms. The van der Waals surface area contributed by atoms with Gasteiger partial charge in [-0.05, 0) is 17.9 Å². The van der Waals surface area contributed by atoms with Crippen molar-refractivity contribution >= 4 is 18.0 Å². The molecule has 6 nitrogen and oxygen atoms in total. The fourth-order valence-corrected chi connectivity index (χ4v) is 3.46. The summed E-state index contributed by atoms with van der Waals surface area (Å²) in [5, 5.41) is 0. The number of methoxy groups -OCH3 is 1. The summed E-state index contributed by atoms with van der Waals surface area (Å²) in [6, 6.07) is 9.00. The molecule has 1 saturated carbocycles. The van der Waals surface area contributed by atoms with Crippen LogP contribution in [-0.2, 0) is 19.1 Å². The molecule has 3 rings (SSSR count). The van der Waals surface area contributed by atoms with Crippen LogP contribution in [0.5, 0.6) is 0 Å². The van der Waals surface area contributed by atoms with Gasteiger partial charge in [0.25, 0.3) is 0 Å². The van der Waals surface area contributed by atoms with E-state index in [4.69, 9.17) is 9.47 Å². The van der Waals surface area contributed by atoms with E-state index >= 15 is 0 Å². The molecule has 0 bridgehead atoms. The van der Waals surface area contributed by atoms with Gasteiger partial charge in [-0.25, -0.2) is 9.69 Å². The number of carbonyl (C=O) groups excluding carboxylic acids is 3. The van der Waals surface area contributed by atoms with Crippen molar-refractivity contribution in [1.29, 1.82) is 0 Å². The van der Waals surface area contributed by atoms with E-state index < -0.39 is 23.4 Å². The maximum Gasteiger partial charge on any atom is 0.417 e. The fourth-order valence-electron chi connectivity index (χ4n) is 3.46. The second kappa shape index (κ2) is 5.92. The first-order chi connectivity index (χ1) is 11.4. The molecule has 3 atom stereocenters. The Morgan fingerprint density at radius 2 is 1.96 bits per heavy atom. The van der Waals surface area contributed by atoms with Crippen molar-refractivity contribution < 1.29 is 23.9 Å². The number of nitrogens with zero attached hydrogens (tertiary/aromatic N) is 1. The molecule has 2 aliphatic rings. The summed E-state index contributed by atoms with van der Waals surface area (Å²) < 4.78 is 9.95. The zero-order valence-electron chi connectivity index (χ0n) is 14.0. The molecule has 1 aliphatic carbocycles. The smallest absolute Gasteiger partial charge is 0.417 e. The minimum absolute atomic E-state index is 0.0454. The first kappa shape index (κ1) is 16.5. The van der Waals surface area contributed by atoms with E-state index in [9.17, 15) is 14.4 Å². The first-order valence-electron chi connectivity index (χ1n) is 8.07. The maximum absolute atomic E-state index is 13.2. The Bertz CT molecular complexity index is 671. The molecular formula is C18H21NO5. The van der Waals surface area contributed by atoms with Crippen LogP contribution in [0.25, 0.3) is 0 Å². The van der Waals surface area contributed by atoms with Crippen molar-refractivity contribution in [3.8, 4) is 0 Å². The SMILES string of the molecule is COC(=O)[C@]1(C(=O)N2C(=O)OC[C@@H]2C(C)C)C[C@H]1c1ccccc1. The van der Waals surface area contributed by atoms with Crippen molar-refractivity contribution in [3.63, 3.8) is 0 Å². The predicted octanol–water partition coefficient (Wildman–Crippen LogP) is 2.34. The lowest BCUT2D eigenvalue weighted by Gasteiger charge is -2.26. The molecule has 0 radical (unpaired) electrons. The average molecular weight is 331 g/mol. The third-order valence-electron chi connectivity index (χ3n) is 4.99. The van der Waals surface area contributed by atoms with Crippen molar-refractivity contribution in [2.24, 2.45) is 11.3 Å². The summed E-state index contributed by atoms with van der Waals surface area (Å²) in [5.74, 6) is -1.34. The highest BCUT2D eigenvalue weighted by molar-refractivity contribution is 6.12. The predicted molar refractivity (Wildman–Crippen MR) is 85.1 cm³/mol. The van der Waals surface area contributed by atoms with Crippen LogP contribution in [0.4, 0.5) is 4.79 Å². The van der Waals surface area contributed by atoms with Crippen molar-refractivity contribution in [2.75, 3.05) is 13.7 Å². The number of carbonyl (C=O) groups is 3. The highest BCUT2D eigenvalue weighted by Crippen LogP contribution is 2.61. The number of hydrogen-bond donors (Lipinski definition) is 0. The molecule has 0 aromatic heterocycles. The van der Waals surface area contributed by atoms with Gasteiger partial charge in [0.2, 0.25) is 5.91 Å². The summed E-state index contributed by atoms with van der Waals surface area (Å²) in [6.45, 7) is 3.99. The molecule has 1 aromatic rings. The maximum atomic E-state index is 13.2. The molecule has 1 heterocycles. The summed E-state index contributed by atoms with van der Waals surface area (Å²) in [6.07, 6.45) is -0.336. The van der Waals surface area contributed by atoms with Crippen molar-refractivity contribution in [3.05, 3.63) is 35.9 Å². The molecule has 1 aliphatic heterocycles. The Labute approximate surface area is 140 Å². The molecule has 24 heavy (non-hydrogen) atoms. The van der Waals surface area contributed by atoms with Gasteiger partial charge >= 0.3 is 12.1 Å². The van der Waals surface area contributed by atoms with Gasteiger partial charge in [0.1, 0.15) is 6.61 Å². The number of cyclic esters (lactones) is 1. The lowest BCUT2D eigenvalue weighted by atomic mass is 9.95. The minimum atomic E-state index is -1.33. The Kier molecular flexibility index (Phi) is 4.07. The van der Waals surface area contributed by atoms with Crippen LogP contribution in [0.1, 0.15) is 31.7 Å². The lowest BCUT2D eigenvalue weighted by molar-refractivity contribution is -0.155. The zero-order chi connectivity index (χ0) is 17.5. The fraction of sp³-hybridized carbons (Fsp3) is 0.500. The average Bonchev–Trinajstić information content (AvgIpc) is 3.23. The van der Waals surface area contributed by atoms with E-state index in [1.54, 1.807) is 0 Å². The molecule has 0 spiro atoms. The first-order valence-corrected chi connectivity index (χ1v) is 8.07. The van der Waals surface area contributed by atoms with Gasteiger partial charge in [-0.2, -0.15) is 0 Å². The van der Waals surface area contributed by atoms with Gasteiger partial charge in [0, 0.05) is 5.92 Å². The summed E-state index contributed by atoms with van der Waals surface area (Å²) in [7, 11) is 1.26. The lowest BCUT2D eigenvalue weighted by Crippen LogP contribution is -2.48. The number of rotatable bonds is 4. The van der Waals surface area contributed by atoms with E-state index in [1.165, 1.54) is 7.11 Å². The van der Waals surface area contributed by atoms with Gasteiger partial charge in [0.15, 0.2) is 5.41 Å². The molecule has 2 amide bonds. The van der Waals surface area contributed by atoms with Gasteiger partial charge in [0.05, 0.1) is 13.2 Å². The van der Waals surface area contributed by atoms with Crippen LogP contribution < -0.4 is 0 Å². The Hall–Kier alpha value is -2.37.